The molecule has 2 N–H and O–H groups in total. The second-order valence-electron chi connectivity index (χ2n) is 5.63. The summed E-state index contributed by atoms with van der Waals surface area (Å²) < 4.78 is 34.5. The van der Waals surface area contributed by atoms with Crippen LogP contribution < -0.4 is 20.1 Å². The highest BCUT2D eigenvalue weighted by molar-refractivity contribution is 8.00. The van der Waals surface area contributed by atoms with Gasteiger partial charge < -0.3 is 20.1 Å². The Morgan fingerprint density at radius 1 is 1.36 bits per heavy atom. The number of rotatable bonds is 8. The van der Waals surface area contributed by atoms with E-state index < -0.39 is 6.61 Å². The van der Waals surface area contributed by atoms with Gasteiger partial charge in [0.1, 0.15) is 0 Å². The molecule has 140 valence electrons. The molecule has 2 rings (SSSR count). The number of aliphatic imine (C=N–C) groups is 1. The van der Waals surface area contributed by atoms with Crippen LogP contribution in [0.15, 0.2) is 23.2 Å². The van der Waals surface area contributed by atoms with E-state index in [1.165, 1.54) is 25.7 Å². The van der Waals surface area contributed by atoms with Gasteiger partial charge in [0.25, 0.3) is 0 Å². The standard InChI is InChI=1S/C17H25F2N3O2S/c1-20-17(22-11-13-4-3-9-25-13)21-8-7-12-5-6-14(23-2)15(10-12)24-16(18)19/h5-6,10,13,16H,3-4,7-9,11H2,1-2H3,(H2,20,21,22). The SMILES string of the molecule is CN=C(NCCc1ccc(OC)c(OC(F)F)c1)NCC1CCCS1. The smallest absolute Gasteiger partial charge is 0.387 e. The first kappa shape index (κ1) is 19.6. The van der Waals surface area contributed by atoms with Gasteiger partial charge in [-0.25, -0.2) is 0 Å². The molecule has 0 spiro atoms. The maximum absolute atomic E-state index is 12.5. The third kappa shape index (κ3) is 6.61. The summed E-state index contributed by atoms with van der Waals surface area (Å²) in [5, 5.41) is 7.22. The first-order chi connectivity index (χ1) is 12.1. The third-order valence-corrected chi connectivity index (χ3v) is 5.29. The van der Waals surface area contributed by atoms with E-state index >= 15 is 0 Å². The van der Waals surface area contributed by atoms with Gasteiger partial charge >= 0.3 is 6.61 Å². The lowest BCUT2D eigenvalue weighted by atomic mass is 10.1. The number of hydrogen-bond donors (Lipinski definition) is 2. The molecule has 1 aromatic rings. The molecule has 25 heavy (non-hydrogen) atoms. The molecule has 0 saturated carbocycles. The summed E-state index contributed by atoms with van der Waals surface area (Å²) in [5.74, 6) is 2.34. The summed E-state index contributed by atoms with van der Waals surface area (Å²) in [7, 11) is 3.16. The lowest BCUT2D eigenvalue weighted by Crippen LogP contribution is -2.40. The van der Waals surface area contributed by atoms with Crippen LogP contribution in [0.25, 0.3) is 0 Å². The molecule has 1 fully saturated rings. The fraction of sp³-hybridized carbons (Fsp3) is 0.588. The zero-order valence-corrected chi connectivity index (χ0v) is 15.4. The minimum absolute atomic E-state index is 0.0516. The highest BCUT2D eigenvalue weighted by Gasteiger charge is 2.15. The van der Waals surface area contributed by atoms with Gasteiger partial charge in [0.2, 0.25) is 0 Å². The van der Waals surface area contributed by atoms with Crippen molar-refractivity contribution in [3.63, 3.8) is 0 Å². The first-order valence-corrected chi connectivity index (χ1v) is 9.35. The van der Waals surface area contributed by atoms with E-state index in [0.29, 0.717) is 24.0 Å². The average molecular weight is 373 g/mol. The van der Waals surface area contributed by atoms with E-state index in [4.69, 9.17) is 4.74 Å². The van der Waals surface area contributed by atoms with E-state index in [2.05, 4.69) is 20.4 Å². The number of hydrogen-bond acceptors (Lipinski definition) is 4. The van der Waals surface area contributed by atoms with Crippen LogP contribution in [0, 0.1) is 0 Å². The fourth-order valence-electron chi connectivity index (χ4n) is 2.63. The topological polar surface area (TPSA) is 54.9 Å². The van der Waals surface area contributed by atoms with Crippen molar-refractivity contribution >= 4 is 17.7 Å². The van der Waals surface area contributed by atoms with Gasteiger partial charge in [-0.15, -0.1) is 0 Å². The summed E-state index contributed by atoms with van der Waals surface area (Å²) in [6, 6.07) is 5.06. The molecule has 1 atom stereocenters. The van der Waals surface area contributed by atoms with E-state index in [9.17, 15) is 8.78 Å². The number of thioether (sulfide) groups is 1. The van der Waals surface area contributed by atoms with Crippen LogP contribution in [-0.4, -0.2) is 50.8 Å². The summed E-state index contributed by atoms with van der Waals surface area (Å²) in [6.07, 6.45) is 3.18. The fourth-order valence-corrected chi connectivity index (χ4v) is 3.83. The summed E-state index contributed by atoms with van der Waals surface area (Å²) >= 11 is 1.99. The summed E-state index contributed by atoms with van der Waals surface area (Å²) in [6.45, 7) is -1.34. The lowest BCUT2D eigenvalue weighted by Gasteiger charge is -2.15. The zero-order chi connectivity index (χ0) is 18.1. The largest absolute Gasteiger partial charge is 0.493 e. The Morgan fingerprint density at radius 3 is 2.84 bits per heavy atom. The maximum atomic E-state index is 12.5. The Balaban J connectivity index is 1.81. The molecule has 1 aliphatic heterocycles. The molecule has 0 aliphatic carbocycles. The van der Waals surface area contributed by atoms with E-state index in [1.807, 2.05) is 17.8 Å². The van der Waals surface area contributed by atoms with E-state index in [0.717, 1.165) is 18.1 Å². The van der Waals surface area contributed by atoms with Crippen LogP contribution >= 0.6 is 11.8 Å². The molecular formula is C17H25F2N3O2S. The number of benzene rings is 1. The number of ether oxygens (including phenoxy) is 2. The van der Waals surface area contributed by atoms with Crippen molar-refractivity contribution in [2.24, 2.45) is 4.99 Å². The van der Waals surface area contributed by atoms with Crippen molar-refractivity contribution < 1.29 is 18.3 Å². The molecule has 0 radical (unpaired) electrons. The van der Waals surface area contributed by atoms with Crippen molar-refractivity contribution in [1.82, 2.24) is 10.6 Å². The first-order valence-electron chi connectivity index (χ1n) is 8.30. The molecular weight excluding hydrogens is 348 g/mol. The average Bonchev–Trinajstić information content (AvgIpc) is 3.11. The molecule has 1 unspecified atom stereocenters. The van der Waals surface area contributed by atoms with E-state index in [1.54, 1.807) is 19.2 Å². The highest BCUT2D eigenvalue weighted by atomic mass is 32.2. The lowest BCUT2D eigenvalue weighted by molar-refractivity contribution is -0.0512. The molecule has 5 nitrogen and oxygen atoms in total. The number of halogens is 2. The Hall–Kier alpha value is -1.70. The van der Waals surface area contributed by atoms with Crippen LogP contribution in [0.1, 0.15) is 18.4 Å². The molecule has 1 heterocycles. The van der Waals surface area contributed by atoms with Gasteiger partial charge in [0.15, 0.2) is 17.5 Å². The van der Waals surface area contributed by atoms with Gasteiger partial charge in [0, 0.05) is 25.4 Å². The van der Waals surface area contributed by atoms with Crippen LogP contribution in [0.4, 0.5) is 8.78 Å². The highest BCUT2D eigenvalue weighted by Crippen LogP contribution is 2.29. The van der Waals surface area contributed by atoms with Crippen molar-refractivity contribution in [3.05, 3.63) is 23.8 Å². The van der Waals surface area contributed by atoms with Gasteiger partial charge in [0.05, 0.1) is 7.11 Å². The Morgan fingerprint density at radius 2 is 2.20 bits per heavy atom. The number of guanidine groups is 1. The maximum Gasteiger partial charge on any atom is 0.387 e. The molecule has 1 aromatic carbocycles. The second kappa shape index (κ2) is 10.3. The second-order valence-corrected chi connectivity index (χ2v) is 7.04. The Labute approximate surface area is 151 Å². The normalized spacial score (nSPS) is 17.6. The zero-order valence-electron chi connectivity index (χ0n) is 14.6. The quantitative estimate of drug-likeness (QED) is 0.542. The Kier molecular flexibility index (Phi) is 8.11. The minimum atomic E-state index is -2.88. The number of methoxy groups -OCH3 is 1. The van der Waals surface area contributed by atoms with Crippen LogP contribution in [0.5, 0.6) is 11.5 Å². The molecule has 1 aliphatic rings. The molecule has 1 saturated heterocycles. The molecule has 0 amide bonds. The van der Waals surface area contributed by atoms with Gasteiger partial charge in [-0.3, -0.25) is 4.99 Å². The van der Waals surface area contributed by atoms with Crippen molar-refractivity contribution in [2.45, 2.75) is 31.1 Å². The third-order valence-electron chi connectivity index (χ3n) is 3.89. The van der Waals surface area contributed by atoms with Crippen LogP contribution in [0.3, 0.4) is 0 Å². The number of nitrogens with one attached hydrogen (secondary N) is 2. The van der Waals surface area contributed by atoms with Crippen LogP contribution in [0.2, 0.25) is 0 Å². The minimum Gasteiger partial charge on any atom is -0.493 e. The van der Waals surface area contributed by atoms with Crippen molar-refractivity contribution in [2.75, 3.05) is 33.0 Å². The predicted octanol–water partition coefficient (Wildman–Crippen LogP) is 2.90. The monoisotopic (exact) mass is 373 g/mol. The van der Waals surface area contributed by atoms with Gasteiger partial charge in [-0.1, -0.05) is 6.07 Å². The number of alkyl halides is 2. The van der Waals surface area contributed by atoms with E-state index in [-0.39, 0.29) is 5.75 Å². The summed E-state index contributed by atoms with van der Waals surface area (Å²) in [4.78, 5) is 4.21. The predicted molar refractivity (Wildman–Crippen MR) is 98.2 cm³/mol. The molecule has 8 heteroatoms. The number of nitrogens with zero attached hydrogens (tertiary/aromatic N) is 1. The summed E-state index contributed by atoms with van der Waals surface area (Å²) in [5.41, 5.74) is 0.880. The van der Waals surface area contributed by atoms with Crippen molar-refractivity contribution in [3.8, 4) is 11.5 Å². The van der Waals surface area contributed by atoms with Gasteiger partial charge in [-0.05, 0) is 42.7 Å². The molecule has 0 aromatic heterocycles. The van der Waals surface area contributed by atoms with Crippen molar-refractivity contribution in [1.29, 1.82) is 0 Å². The van der Waals surface area contributed by atoms with Gasteiger partial charge in [-0.2, -0.15) is 20.5 Å². The Bertz CT molecular complexity index is 567. The molecule has 0 bridgehead atoms. The van der Waals surface area contributed by atoms with Crippen LogP contribution in [-0.2, 0) is 6.42 Å².